The standard InChI is InChI=1S/C13H16N2O/c1-3-9-7-5-6-8-11(9)12-10(4-2)13(14)15-16-12/h5-8H,3-4H2,1-2H3,(H2,14,15). The van der Waals surface area contributed by atoms with E-state index in [-0.39, 0.29) is 0 Å². The van der Waals surface area contributed by atoms with E-state index in [1.807, 2.05) is 12.1 Å². The third-order valence-electron chi connectivity index (χ3n) is 2.82. The minimum absolute atomic E-state index is 0.503. The van der Waals surface area contributed by atoms with Gasteiger partial charge in [-0.05, 0) is 18.4 Å². The molecule has 0 aliphatic rings. The summed E-state index contributed by atoms with van der Waals surface area (Å²) >= 11 is 0. The lowest BCUT2D eigenvalue weighted by molar-refractivity contribution is 0.434. The lowest BCUT2D eigenvalue weighted by atomic mass is 10.00. The van der Waals surface area contributed by atoms with Crippen molar-refractivity contribution >= 4 is 5.82 Å². The van der Waals surface area contributed by atoms with Gasteiger partial charge in [-0.1, -0.05) is 43.3 Å². The Morgan fingerprint density at radius 3 is 2.62 bits per heavy atom. The van der Waals surface area contributed by atoms with Crippen molar-refractivity contribution in [1.82, 2.24) is 5.16 Å². The quantitative estimate of drug-likeness (QED) is 0.857. The van der Waals surface area contributed by atoms with Crippen molar-refractivity contribution in [2.45, 2.75) is 26.7 Å². The van der Waals surface area contributed by atoms with Crippen molar-refractivity contribution in [2.75, 3.05) is 5.73 Å². The lowest BCUT2D eigenvalue weighted by Crippen LogP contribution is -1.92. The van der Waals surface area contributed by atoms with Crippen LogP contribution in [0.3, 0.4) is 0 Å². The van der Waals surface area contributed by atoms with Crippen LogP contribution in [0.5, 0.6) is 0 Å². The molecule has 0 bridgehead atoms. The van der Waals surface area contributed by atoms with Gasteiger partial charge in [0.05, 0.1) is 0 Å². The maximum absolute atomic E-state index is 5.78. The SMILES string of the molecule is CCc1ccccc1-c1onc(N)c1CC. The van der Waals surface area contributed by atoms with Gasteiger partial charge in [0, 0.05) is 11.1 Å². The van der Waals surface area contributed by atoms with Crippen LogP contribution >= 0.6 is 0 Å². The number of hydrogen-bond acceptors (Lipinski definition) is 3. The molecule has 0 unspecified atom stereocenters. The molecule has 2 N–H and O–H groups in total. The molecule has 1 aromatic carbocycles. The van der Waals surface area contributed by atoms with Crippen LogP contribution in [0.1, 0.15) is 25.0 Å². The molecule has 0 amide bonds. The summed E-state index contributed by atoms with van der Waals surface area (Å²) in [5.41, 5.74) is 9.14. The smallest absolute Gasteiger partial charge is 0.172 e. The number of nitrogen functional groups attached to an aromatic ring is 1. The number of aryl methyl sites for hydroxylation is 1. The molecule has 1 aromatic heterocycles. The van der Waals surface area contributed by atoms with E-state index >= 15 is 0 Å². The first-order valence-corrected chi connectivity index (χ1v) is 5.60. The molecule has 0 atom stereocenters. The summed E-state index contributed by atoms with van der Waals surface area (Å²) in [5, 5.41) is 3.84. The van der Waals surface area contributed by atoms with E-state index in [0.717, 1.165) is 29.7 Å². The fourth-order valence-corrected chi connectivity index (χ4v) is 1.92. The van der Waals surface area contributed by atoms with Crippen LogP contribution in [-0.2, 0) is 12.8 Å². The number of aromatic nitrogens is 1. The van der Waals surface area contributed by atoms with Crippen molar-refractivity contribution in [3.8, 4) is 11.3 Å². The Morgan fingerprint density at radius 2 is 1.94 bits per heavy atom. The van der Waals surface area contributed by atoms with Crippen molar-refractivity contribution in [2.24, 2.45) is 0 Å². The highest BCUT2D eigenvalue weighted by molar-refractivity contribution is 5.69. The lowest BCUT2D eigenvalue weighted by Gasteiger charge is -2.05. The molecule has 0 saturated carbocycles. The molecule has 2 rings (SSSR count). The van der Waals surface area contributed by atoms with E-state index in [0.29, 0.717) is 5.82 Å². The van der Waals surface area contributed by atoms with E-state index in [9.17, 15) is 0 Å². The van der Waals surface area contributed by atoms with Gasteiger partial charge < -0.3 is 10.3 Å². The molecular formula is C13H16N2O. The van der Waals surface area contributed by atoms with Crippen LogP contribution < -0.4 is 5.73 Å². The first kappa shape index (κ1) is 10.7. The van der Waals surface area contributed by atoms with Gasteiger partial charge in [-0.25, -0.2) is 0 Å². The monoisotopic (exact) mass is 216 g/mol. The molecule has 0 fully saturated rings. The highest BCUT2D eigenvalue weighted by Crippen LogP contribution is 2.30. The Labute approximate surface area is 95.3 Å². The molecule has 2 aromatic rings. The van der Waals surface area contributed by atoms with Crippen LogP contribution in [0.25, 0.3) is 11.3 Å². The molecule has 0 aliphatic carbocycles. The summed E-state index contributed by atoms with van der Waals surface area (Å²) in [6.45, 7) is 4.19. The van der Waals surface area contributed by atoms with Gasteiger partial charge >= 0.3 is 0 Å². The topological polar surface area (TPSA) is 52.0 Å². The van der Waals surface area contributed by atoms with E-state index in [4.69, 9.17) is 10.3 Å². The Balaban J connectivity index is 2.58. The van der Waals surface area contributed by atoms with Crippen LogP contribution in [-0.4, -0.2) is 5.16 Å². The Hall–Kier alpha value is -1.77. The van der Waals surface area contributed by atoms with Gasteiger partial charge in [-0.2, -0.15) is 0 Å². The number of benzene rings is 1. The predicted octanol–water partition coefficient (Wildman–Crippen LogP) is 3.05. The van der Waals surface area contributed by atoms with Gasteiger partial charge in [-0.3, -0.25) is 0 Å². The van der Waals surface area contributed by atoms with Crippen LogP contribution in [0, 0.1) is 0 Å². The molecule has 1 heterocycles. The second-order valence-electron chi connectivity index (χ2n) is 3.74. The number of nitrogens with zero attached hydrogens (tertiary/aromatic N) is 1. The van der Waals surface area contributed by atoms with Crippen molar-refractivity contribution in [1.29, 1.82) is 0 Å². The minimum Gasteiger partial charge on any atom is -0.381 e. The average Bonchev–Trinajstić information content (AvgIpc) is 2.70. The molecule has 16 heavy (non-hydrogen) atoms. The highest BCUT2D eigenvalue weighted by Gasteiger charge is 2.15. The maximum atomic E-state index is 5.78. The third-order valence-corrected chi connectivity index (χ3v) is 2.82. The molecule has 3 nitrogen and oxygen atoms in total. The van der Waals surface area contributed by atoms with E-state index in [1.54, 1.807) is 0 Å². The number of hydrogen-bond donors (Lipinski definition) is 1. The Kier molecular flexibility index (Phi) is 2.95. The molecule has 0 spiro atoms. The fourth-order valence-electron chi connectivity index (χ4n) is 1.92. The zero-order valence-electron chi connectivity index (χ0n) is 9.66. The summed E-state index contributed by atoms with van der Waals surface area (Å²) in [7, 11) is 0. The maximum Gasteiger partial charge on any atom is 0.172 e. The number of rotatable bonds is 3. The minimum atomic E-state index is 0.503. The Bertz CT molecular complexity index is 488. The van der Waals surface area contributed by atoms with Crippen molar-refractivity contribution in [3.63, 3.8) is 0 Å². The summed E-state index contributed by atoms with van der Waals surface area (Å²) in [4.78, 5) is 0. The van der Waals surface area contributed by atoms with Gasteiger partial charge in [-0.15, -0.1) is 0 Å². The molecule has 3 heteroatoms. The number of nitrogens with two attached hydrogens (primary N) is 1. The molecule has 0 saturated heterocycles. The second-order valence-corrected chi connectivity index (χ2v) is 3.74. The Morgan fingerprint density at radius 1 is 1.19 bits per heavy atom. The molecule has 84 valence electrons. The molecule has 0 aliphatic heterocycles. The predicted molar refractivity (Wildman–Crippen MR) is 65.1 cm³/mol. The highest BCUT2D eigenvalue weighted by atomic mass is 16.5. The average molecular weight is 216 g/mol. The summed E-state index contributed by atoms with van der Waals surface area (Å²) in [6.07, 6.45) is 1.81. The summed E-state index contributed by atoms with van der Waals surface area (Å²) in [5.74, 6) is 1.32. The normalized spacial score (nSPS) is 10.6. The van der Waals surface area contributed by atoms with Crippen LogP contribution in [0.2, 0.25) is 0 Å². The second kappa shape index (κ2) is 4.39. The first-order chi connectivity index (χ1) is 7.77. The van der Waals surface area contributed by atoms with Gasteiger partial charge in [0.2, 0.25) is 0 Å². The van der Waals surface area contributed by atoms with Gasteiger partial charge in [0.25, 0.3) is 0 Å². The number of anilines is 1. The third kappa shape index (κ3) is 1.69. The van der Waals surface area contributed by atoms with Gasteiger partial charge in [0.1, 0.15) is 0 Å². The zero-order chi connectivity index (χ0) is 11.5. The van der Waals surface area contributed by atoms with Crippen molar-refractivity contribution < 1.29 is 4.52 Å². The first-order valence-electron chi connectivity index (χ1n) is 5.60. The fraction of sp³-hybridized carbons (Fsp3) is 0.308. The largest absolute Gasteiger partial charge is 0.381 e. The summed E-state index contributed by atoms with van der Waals surface area (Å²) < 4.78 is 5.34. The van der Waals surface area contributed by atoms with E-state index in [1.165, 1.54) is 5.56 Å². The molecule has 0 radical (unpaired) electrons. The van der Waals surface area contributed by atoms with Crippen LogP contribution in [0.4, 0.5) is 5.82 Å². The van der Waals surface area contributed by atoms with E-state index < -0.39 is 0 Å². The summed E-state index contributed by atoms with van der Waals surface area (Å²) in [6, 6.07) is 8.20. The molecular weight excluding hydrogens is 200 g/mol. The van der Waals surface area contributed by atoms with Crippen LogP contribution in [0.15, 0.2) is 28.8 Å². The van der Waals surface area contributed by atoms with Crippen molar-refractivity contribution in [3.05, 3.63) is 35.4 Å². The zero-order valence-corrected chi connectivity index (χ0v) is 9.66. The van der Waals surface area contributed by atoms with Gasteiger partial charge in [0.15, 0.2) is 11.6 Å². The van der Waals surface area contributed by atoms with E-state index in [2.05, 4.69) is 31.1 Å².